The van der Waals surface area contributed by atoms with Crippen molar-refractivity contribution in [1.82, 2.24) is 0 Å². The normalized spacial score (nSPS) is 32.9. The van der Waals surface area contributed by atoms with Crippen LogP contribution in [-0.4, -0.2) is 5.91 Å². The molecule has 1 saturated carbocycles. The van der Waals surface area contributed by atoms with Gasteiger partial charge in [-0.3, -0.25) is 4.79 Å². The predicted octanol–water partition coefficient (Wildman–Crippen LogP) is 4.77. The maximum atomic E-state index is 12.2. The van der Waals surface area contributed by atoms with E-state index in [2.05, 4.69) is 46.8 Å². The molecule has 23 heavy (non-hydrogen) atoms. The summed E-state index contributed by atoms with van der Waals surface area (Å²) >= 11 is 0. The van der Waals surface area contributed by atoms with Crippen molar-refractivity contribution in [3.8, 4) is 0 Å². The standard InChI is InChI=1S/C21H31NO/c1-12(2)14-7-9-16-15(10-14)11-18(20(22)23)19-17(16)8-6-13(3)21(19,4)5/h10-13,16-17H,6-9H2,1-5H3,(H2,22,23). The second-order valence-electron chi connectivity index (χ2n) is 8.66. The van der Waals surface area contributed by atoms with E-state index in [0.717, 1.165) is 5.57 Å². The van der Waals surface area contributed by atoms with Gasteiger partial charge >= 0.3 is 0 Å². The zero-order valence-electron chi connectivity index (χ0n) is 15.3. The quantitative estimate of drug-likeness (QED) is 0.783. The number of carbonyl (C=O) groups excluding carboxylic acids is 1. The fraction of sp³-hybridized carbons (Fsp3) is 0.667. The molecule has 0 heterocycles. The first-order chi connectivity index (χ1) is 10.7. The summed E-state index contributed by atoms with van der Waals surface area (Å²) in [5.41, 5.74) is 10.9. The van der Waals surface area contributed by atoms with Gasteiger partial charge in [0.05, 0.1) is 0 Å². The van der Waals surface area contributed by atoms with Crippen LogP contribution in [0.25, 0.3) is 0 Å². The third-order valence-corrected chi connectivity index (χ3v) is 6.83. The van der Waals surface area contributed by atoms with E-state index >= 15 is 0 Å². The Morgan fingerprint density at radius 2 is 1.87 bits per heavy atom. The number of hydrogen-bond acceptors (Lipinski definition) is 1. The van der Waals surface area contributed by atoms with Crippen LogP contribution >= 0.6 is 0 Å². The van der Waals surface area contributed by atoms with Gasteiger partial charge in [0.25, 0.3) is 0 Å². The Labute approximate surface area is 140 Å². The molecule has 0 radical (unpaired) electrons. The van der Waals surface area contributed by atoms with E-state index in [0.29, 0.717) is 23.7 Å². The Bertz CT molecular complexity index is 618. The number of amides is 1. The number of rotatable bonds is 2. The van der Waals surface area contributed by atoms with Crippen molar-refractivity contribution in [3.63, 3.8) is 0 Å². The summed E-state index contributed by atoms with van der Waals surface area (Å²) in [6.45, 7) is 11.4. The van der Waals surface area contributed by atoms with Crippen LogP contribution in [0.5, 0.6) is 0 Å². The second-order valence-corrected chi connectivity index (χ2v) is 8.66. The van der Waals surface area contributed by atoms with Gasteiger partial charge in [-0.05, 0) is 72.0 Å². The Kier molecular flexibility index (Phi) is 4.06. The molecular formula is C21H31NO. The Hall–Kier alpha value is -1.31. The van der Waals surface area contributed by atoms with Gasteiger partial charge in [0, 0.05) is 5.57 Å². The summed E-state index contributed by atoms with van der Waals surface area (Å²) in [6.07, 6.45) is 9.36. The second kappa shape index (κ2) is 5.65. The zero-order chi connectivity index (χ0) is 16.9. The van der Waals surface area contributed by atoms with Crippen molar-refractivity contribution in [1.29, 1.82) is 0 Å². The molecule has 2 heteroatoms. The Morgan fingerprint density at radius 3 is 2.48 bits per heavy atom. The molecule has 0 aromatic rings. The van der Waals surface area contributed by atoms with Crippen LogP contribution in [0, 0.1) is 29.1 Å². The van der Waals surface area contributed by atoms with Crippen LogP contribution in [0.1, 0.15) is 60.3 Å². The molecule has 2 N–H and O–H groups in total. The van der Waals surface area contributed by atoms with Crippen LogP contribution in [0.3, 0.4) is 0 Å². The lowest BCUT2D eigenvalue weighted by atomic mass is 9.54. The molecule has 0 spiro atoms. The van der Waals surface area contributed by atoms with Gasteiger partial charge < -0.3 is 5.73 Å². The highest BCUT2D eigenvalue weighted by Crippen LogP contribution is 2.56. The van der Waals surface area contributed by atoms with Crippen molar-refractivity contribution in [2.24, 2.45) is 34.8 Å². The molecule has 0 aromatic heterocycles. The summed E-state index contributed by atoms with van der Waals surface area (Å²) < 4.78 is 0. The first-order valence-electron chi connectivity index (χ1n) is 9.20. The molecule has 0 aliphatic heterocycles. The minimum atomic E-state index is -0.247. The molecule has 3 rings (SSSR count). The van der Waals surface area contributed by atoms with E-state index in [1.54, 1.807) is 0 Å². The highest BCUT2D eigenvalue weighted by Gasteiger charge is 2.46. The molecule has 126 valence electrons. The zero-order valence-corrected chi connectivity index (χ0v) is 15.3. The first-order valence-corrected chi connectivity index (χ1v) is 9.20. The topological polar surface area (TPSA) is 43.1 Å². The molecule has 3 unspecified atom stereocenters. The van der Waals surface area contributed by atoms with Crippen molar-refractivity contribution < 1.29 is 4.79 Å². The largest absolute Gasteiger partial charge is 0.366 e. The molecular weight excluding hydrogens is 282 g/mol. The lowest BCUT2D eigenvalue weighted by molar-refractivity contribution is -0.114. The summed E-state index contributed by atoms with van der Waals surface area (Å²) in [4.78, 5) is 12.2. The third-order valence-electron chi connectivity index (χ3n) is 6.83. The number of primary amides is 1. The van der Waals surface area contributed by atoms with Crippen LogP contribution in [0.15, 0.2) is 34.4 Å². The average Bonchev–Trinajstić information content (AvgIpc) is 2.49. The summed E-state index contributed by atoms with van der Waals surface area (Å²) in [5.74, 6) is 2.03. The molecule has 2 nitrogen and oxygen atoms in total. The molecule has 3 atom stereocenters. The number of hydrogen-bond donors (Lipinski definition) is 1. The minimum absolute atomic E-state index is 0.0668. The van der Waals surface area contributed by atoms with Crippen LogP contribution < -0.4 is 5.73 Å². The van der Waals surface area contributed by atoms with E-state index in [1.807, 2.05) is 0 Å². The average molecular weight is 313 g/mol. The predicted molar refractivity (Wildman–Crippen MR) is 95.6 cm³/mol. The Balaban J connectivity index is 2.15. The van der Waals surface area contributed by atoms with Crippen molar-refractivity contribution in [2.75, 3.05) is 0 Å². The smallest absolute Gasteiger partial charge is 0.248 e. The minimum Gasteiger partial charge on any atom is -0.366 e. The molecule has 1 amide bonds. The van der Waals surface area contributed by atoms with Crippen molar-refractivity contribution in [3.05, 3.63) is 34.4 Å². The van der Waals surface area contributed by atoms with Crippen molar-refractivity contribution >= 4 is 5.91 Å². The molecule has 3 aliphatic carbocycles. The number of nitrogens with two attached hydrogens (primary N) is 1. The maximum Gasteiger partial charge on any atom is 0.248 e. The van der Waals surface area contributed by atoms with E-state index in [-0.39, 0.29) is 11.3 Å². The van der Waals surface area contributed by atoms with E-state index in [9.17, 15) is 4.79 Å². The van der Waals surface area contributed by atoms with Gasteiger partial charge in [0.1, 0.15) is 0 Å². The van der Waals surface area contributed by atoms with E-state index in [4.69, 9.17) is 5.73 Å². The summed E-state index contributed by atoms with van der Waals surface area (Å²) in [6, 6.07) is 0. The lowest BCUT2D eigenvalue weighted by Gasteiger charge is -2.50. The van der Waals surface area contributed by atoms with Crippen LogP contribution in [-0.2, 0) is 4.79 Å². The van der Waals surface area contributed by atoms with E-state index < -0.39 is 0 Å². The van der Waals surface area contributed by atoms with Crippen LogP contribution in [0.2, 0.25) is 0 Å². The monoisotopic (exact) mass is 313 g/mol. The molecule has 0 saturated heterocycles. The summed E-state index contributed by atoms with van der Waals surface area (Å²) in [5, 5.41) is 0. The summed E-state index contributed by atoms with van der Waals surface area (Å²) in [7, 11) is 0. The van der Waals surface area contributed by atoms with Crippen molar-refractivity contribution in [2.45, 2.75) is 60.3 Å². The van der Waals surface area contributed by atoms with Gasteiger partial charge in [0.15, 0.2) is 0 Å². The maximum absolute atomic E-state index is 12.2. The molecule has 1 fully saturated rings. The van der Waals surface area contributed by atoms with E-state index in [1.165, 1.54) is 42.4 Å². The molecule has 0 aromatic carbocycles. The van der Waals surface area contributed by atoms with Gasteiger partial charge in [-0.15, -0.1) is 0 Å². The highest BCUT2D eigenvalue weighted by atomic mass is 16.1. The fourth-order valence-electron chi connectivity index (χ4n) is 5.00. The number of carbonyl (C=O) groups is 1. The first kappa shape index (κ1) is 16.5. The SMILES string of the molecule is CC(C)C1=CC2=CC(C(N)=O)=C3C(CCC(C)C3(C)C)C2CC1. The highest BCUT2D eigenvalue weighted by molar-refractivity contribution is 5.96. The molecule has 0 bridgehead atoms. The molecule has 3 aliphatic rings. The van der Waals surface area contributed by atoms with Gasteiger partial charge in [-0.1, -0.05) is 46.3 Å². The van der Waals surface area contributed by atoms with Gasteiger partial charge in [0.2, 0.25) is 5.91 Å². The fourth-order valence-corrected chi connectivity index (χ4v) is 5.00. The Morgan fingerprint density at radius 1 is 1.17 bits per heavy atom. The number of allylic oxidation sites excluding steroid dienone is 4. The van der Waals surface area contributed by atoms with Crippen LogP contribution in [0.4, 0.5) is 0 Å². The van der Waals surface area contributed by atoms with Gasteiger partial charge in [-0.2, -0.15) is 0 Å². The lowest BCUT2D eigenvalue weighted by Crippen LogP contribution is -2.41. The third kappa shape index (κ3) is 2.60. The van der Waals surface area contributed by atoms with Gasteiger partial charge in [-0.25, -0.2) is 0 Å². The number of fused-ring (bicyclic) bond motifs is 3.